The van der Waals surface area contributed by atoms with Crippen LogP contribution in [0.15, 0.2) is 33.6 Å². The van der Waals surface area contributed by atoms with Gasteiger partial charge in [0.05, 0.1) is 4.90 Å². The van der Waals surface area contributed by atoms with Gasteiger partial charge in [-0.15, -0.1) is 0 Å². The SMILES string of the molecule is C[C@@H]1C[C@H](C)CN(c2oc(-c3ccc(S(=O)(=O)N4CCCCCC4)cc3)nc2C#N)C1. The van der Waals surface area contributed by atoms with Gasteiger partial charge in [-0.3, -0.25) is 0 Å². The number of oxazole rings is 1. The van der Waals surface area contributed by atoms with Crippen LogP contribution in [0.3, 0.4) is 0 Å². The molecule has 2 atom stereocenters. The zero-order valence-corrected chi connectivity index (χ0v) is 19.1. The van der Waals surface area contributed by atoms with Crippen LogP contribution in [0.25, 0.3) is 11.5 Å². The van der Waals surface area contributed by atoms with Crippen LogP contribution >= 0.6 is 0 Å². The Balaban J connectivity index is 1.58. The topological polar surface area (TPSA) is 90.4 Å². The molecule has 3 heterocycles. The molecule has 1 aromatic heterocycles. The number of anilines is 1. The van der Waals surface area contributed by atoms with E-state index < -0.39 is 10.0 Å². The normalized spacial score (nSPS) is 23.3. The Hall–Kier alpha value is -2.37. The Morgan fingerprint density at radius 2 is 1.65 bits per heavy atom. The van der Waals surface area contributed by atoms with E-state index in [1.807, 2.05) is 0 Å². The first-order valence-electron chi connectivity index (χ1n) is 11.1. The van der Waals surface area contributed by atoms with Gasteiger partial charge in [0.25, 0.3) is 0 Å². The monoisotopic (exact) mass is 442 g/mol. The van der Waals surface area contributed by atoms with E-state index in [0.717, 1.165) is 45.2 Å². The summed E-state index contributed by atoms with van der Waals surface area (Å²) in [5.74, 6) is 1.90. The molecular formula is C23H30N4O3S. The third-order valence-electron chi connectivity index (χ3n) is 6.18. The summed E-state index contributed by atoms with van der Waals surface area (Å²) < 4.78 is 33.6. The van der Waals surface area contributed by atoms with Crippen LogP contribution in [0.1, 0.15) is 51.6 Å². The number of sulfonamides is 1. The molecule has 0 N–H and O–H groups in total. The van der Waals surface area contributed by atoms with Gasteiger partial charge >= 0.3 is 0 Å². The minimum atomic E-state index is -3.50. The largest absolute Gasteiger partial charge is 0.419 e. The van der Waals surface area contributed by atoms with Gasteiger partial charge in [0.15, 0.2) is 0 Å². The molecule has 8 heteroatoms. The quantitative estimate of drug-likeness (QED) is 0.703. The highest BCUT2D eigenvalue weighted by Gasteiger charge is 2.28. The molecule has 0 unspecified atom stereocenters. The van der Waals surface area contributed by atoms with Crippen LogP contribution in [-0.4, -0.2) is 43.9 Å². The van der Waals surface area contributed by atoms with Crippen LogP contribution in [0.4, 0.5) is 5.88 Å². The molecule has 2 aromatic rings. The molecule has 166 valence electrons. The van der Waals surface area contributed by atoms with E-state index in [1.54, 1.807) is 28.6 Å². The van der Waals surface area contributed by atoms with Gasteiger partial charge in [-0.2, -0.15) is 14.6 Å². The molecule has 2 fully saturated rings. The van der Waals surface area contributed by atoms with Crippen molar-refractivity contribution in [2.75, 3.05) is 31.1 Å². The fourth-order valence-corrected chi connectivity index (χ4v) is 6.27. The molecule has 2 aliphatic rings. The summed E-state index contributed by atoms with van der Waals surface area (Å²) >= 11 is 0. The molecule has 4 rings (SSSR count). The van der Waals surface area contributed by atoms with Crippen LogP contribution in [-0.2, 0) is 10.0 Å². The van der Waals surface area contributed by atoms with Crippen LogP contribution < -0.4 is 4.90 Å². The van der Waals surface area contributed by atoms with E-state index in [-0.39, 0.29) is 10.6 Å². The van der Waals surface area contributed by atoms with Crippen molar-refractivity contribution in [1.82, 2.24) is 9.29 Å². The molecule has 0 saturated carbocycles. The first-order valence-corrected chi connectivity index (χ1v) is 12.6. The molecule has 2 aliphatic heterocycles. The molecule has 0 radical (unpaired) electrons. The molecule has 0 aliphatic carbocycles. The van der Waals surface area contributed by atoms with Gasteiger partial charge in [-0.1, -0.05) is 26.7 Å². The molecule has 0 bridgehead atoms. The van der Waals surface area contributed by atoms with Crippen molar-refractivity contribution in [3.63, 3.8) is 0 Å². The molecule has 31 heavy (non-hydrogen) atoms. The van der Waals surface area contributed by atoms with Gasteiger partial charge in [-0.05, 0) is 55.4 Å². The third kappa shape index (κ3) is 4.63. The van der Waals surface area contributed by atoms with Crippen molar-refractivity contribution < 1.29 is 12.8 Å². The van der Waals surface area contributed by atoms with Crippen LogP contribution in [0.2, 0.25) is 0 Å². The average Bonchev–Trinajstić information content (AvgIpc) is 2.98. The first-order chi connectivity index (χ1) is 14.9. The van der Waals surface area contributed by atoms with Gasteiger partial charge in [0.1, 0.15) is 6.07 Å². The number of benzene rings is 1. The predicted octanol–water partition coefficient (Wildman–Crippen LogP) is 4.26. The Morgan fingerprint density at radius 3 is 2.23 bits per heavy atom. The second kappa shape index (κ2) is 9.01. The second-order valence-electron chi connectivity index (χ2n) is 8.98. The van der Waals surface area contributed by atoms with Crippen LogP contribution in [0, 0.1) is 23.2 Å². The molecule has 7 nitrogen and oxygen atoms in total. The van der Waals surface area contributed by atoms with Crippen LogP contribution in [0.5, 0.6) is 0 Å². The summed E-state index contributed by atoms with van der Waals surface area (Å²) in [6, 6.07) is 8.79. The summed E-state index contributed by atoms with van der Waals surface area (Å²) in [5, 5.41) is 9.58. The lowest BCUT2D eigenvalue weighted by Gasteiger charge is -2.34. The van der Waals surface area contributed by atoms with E-state index in [9.17, 15) is 13.7 Å². The lowest BCUT2D eigenvalue weighted by molar-refractivity contribution is 0.344. The van der Waals surface area contributed by atoms with E-state index in [4.69, 9.17) is 4.42 Å². The molecule has 1 aromatic carbocycles. The maximum absolute atomic E-state index is 13.0. The highest BCUT2D eigenvalue weighted by molar-refractivity contribution is 7.89. The Morgan fingerprint density at radius 1 is 1.03 bits per heavy atom. The molecular weight excluding hydrogens is 412 g/mol. The fourth-order valence-electron chi connectivity index (χ4n) is 4.75. The maximum Gasteiger partial charge on any atom is 0.243 e. The molecule has 2 saturated heterocycles. The van der Waals surface area contributed by atoms with E-state index in [1.165, 1.54) is 0 Å². The fraction of sp³-hybridized carbons (Fsp3) is 0.565. The van der Waals surface area contributed by atoms with Crippen molar-refractivity contribution >= 4 is 15.9 Å². The number of aromatic nitrogens is 1. The summed E-state index contributed by atoms with van der Waals surface area (Å²) in [5.41, 5.74) is 0.938. The number of rotatable bonds is 4. The number of hydrogen-bond acceptors (Lipinski definition) is 6. The van der Waals surface area contributed by atoms with Crippen molar-refractivity contribution in [3.05, 3.63) is 30.0 Å². The number of nitriles is 1. The third-order valence-corrected chi connectivity index (χ3v) is 8.09. The zero-order chi connectivity index (χ0) is 22.0. The lowest BCUT2D eigenvalue weighted by atomic mass is 9.92. The number of piperidine rings is 1. The Kier molecular flexibility index (Phi) is 6.35. The standard InChI is InChI=1S/C23H30N4O3S/c1-17-13-18(2)16-26(15-17)23-21(14-24)25-22(30-23)19-7-9-20(10-8-19)31(28,29)27-11-5-3-4-6-12-27/h7-10,17-18H,3-6,11-13,15-16H2,1-2H3/t17-,18+. The maximum atomic E-state index is 13.0. The van der Waals surface area contributed by atoms with E-state index >= 15 is 0 Å². The summed E-state index contributed by atoms with van der Waals surface area (Å²) in [4.78, 5) is 6.77. The first kappa shape index (κ1) is 21.8. The predicted molar refractivity (Wildman–Crippen MR) is 119 cm³/mol. The van der Waals surface area contributed by atoms with E-state index in [2.05, 4.69) is 29.8 Å². The highest BCUT2D eigenvalue weighted by Crippen LogP contribution is 2.33. The van der Waals surface area contributed by atoms with Gasteiger partial charge in [0, 0.05) is 31.7 Å². The Labute approximate surface area is 184 Å². The van der Waals surface area contributed by atoms with E-state index in [0.29, 0.717) is 42.3 Å². The minimum Gasteiger partial charge on any atom is -0.419 e. The molecule has 0 spiro atoms. The highest BCUT2D eigenvalue weighted by atomic mass is 32.2. The lowest BCUT2D eigenvalue weighted by Crippen LogP contribution is -2.38. The molecule has 0 amide bonds. The Bertz CT molecular complexity index is 1040. The average molecular weight is 443 g/mol. The zero-order valence-electron chi connectivity index (χ0n) is 18.2. The van der Waals surface area contributed by atoms with Gasteiger partial charge in [-0.25, -0.2) is 8.42 Å². The minimum absolute atomic E-state index is 0.276. The second-order valence-corrected chi connectivity index (χ2v) is 10.9. The van der Waals surface area contributed by atoms with Gasteiger partial charge < -0.3 is 9.32 Å². The number of hydrogen-bond donors (Lipinski definition) is 0. The van der Waals surface area contributed by atoms with Crippen molar-refractivity contribution in [2.24, 2.45) is 11.8 Å². The van der Waals surface area contributed by atoms with Crippen molar-refractivity contribution in [1.29, 1.82) is 5.26 Å². The van der Waals surface area contributed by atoms with Crippen molar-refractivity contribution in [3.8, 4) is 17.5 Å². The summed E-state index contributed by atoms with van der Waals surface area (Å²) in [6.07, 6.45) is 5.12. The van der Waals surface area contributed by atoms with Crippen molar-refractivity contribution in [2.45, 2.75) is 50.8 Å². The summed E-state index contributed by atoms with van der Waals surface area (Å²) in [7, 11) is -3.50. The smallest absolute Gasteiger partial charge is 0.243 e. The van der Waals surface area contributed by atoms with Gasteiger partial charge in [0.2, 0.25) is 27.5 Å². The summed E-state index contributed by atoms with van der Waals surface area (Å²) in [6.45, 7) is 7.23. The number of nitrogens with zero attached hydrogens (tertiary/aromatic N) is 4.